The number of piperazine rings is 1. The Bertz CT molecular complexity index is 1290. The third-order valence-corrected chi connectivity index (χ3v) is 5.96. The Labute approximate surface area is 180 Å². The standard InChI is InChI=1S/C23H26N6O2/c1-13-21-15(12-28(3)27-21)10-17(23(13)31)19-11-16(14(2)30)22-18(25-19)4-5-20(26-22)29-8-6-24-7-9-29/h4-5,10-12,14,24,30-31H,6-9H2,1-3H3. The van der Waals surface area contributed by atoms with Crippen LogP contribution in [0.25, 0.3) is 33.2 Å². The fourth-order valence-electron chi connectivity index (χ4n) is 4.29. The molecule has 8 nitrogen and oxygen atoms in total. The van der Waals surface area contributed by atoms with Crippen molar-refractivity contribution < 1.29 is 10.2 Å². The van der Waals surface area contributed by atoms with E-state index in [1.165, 1.54) is 0 Å². The van der Waals surface area contributed by atoms with Gasteiger partial charge in [0.15, 0.2) is 0 Å². The number of rotatable bonds is 3. The second-order valence-electron chi connectivity index (χ2n) is 8.19. The van der Waals surface area contributed by atoms with Crippen LogP contribution in [-0.4, -0.2) is 56.1 Å². The monoisotopic (exact) mass is 418 g/mol. The first-order chi connectivity index (χ1) is 14.9. The van der Waals surface area contributed by atoms with Crippen LogP contribution in [0.15, 0.2) is 30.5 Å². The number of nitrogens with one attached hydrogen (secondary N) is 1. The topological polar surface area (TPSA) is 99.3 Å². The fourth-order valence-corrected chi connectivity index (χ4v) is 4.29. The molecule has 160 valence electrons. The van der Waals surface area contributed by atoms with E-state index in [1.807, 2.05) is 44.4 Å². The second kappa shape index (κ2) is 7.47. The maximum atomic E-state index is 10.9. The Morgan fingerprint density at radius 1 is 1.10 bits per heavy atom. The lowest BCUT2D eigenvalue weighted by Crippen LogP contribution is -2.43. The highest BCUT2D eigenvalue weighted by atomic mass is 16.3. The summed E-state index contributed by atoms with van der Waals surface area (Å²) in [4.78, 5) is 11.9. The zero-order valence-electron chi connectivity index (χ0n) is 17.9. The maximum absolute atomic E-state index is 10.9. The van der Waals surface area contributed by atoms with Gasteiger partial charge in [0.25, 0.3) is 0 Å². The van der Waals surface area contributed by atoms with Crippen LogP contribution in [0.2, 0.25) is 0 Å². The van der Waals surface area contributed by atoms with Crippen LogP contribution < -0.4 is 10.2 Å². The summed E-state index contributed by atoms with van der Waals surface area (Å²) in [5.74, 6) is 1.04. The molecule has 1 aliphatic rings. The van der Waals surface area contributed by atoms with Crippen molar-refractivity contribution in [3.05, 3.63) is 41.6 Å². The van der Waals surface area contributed by atoms with E-state index in [0.29, 0.717) is 33.4 Å². The van der Waals surface area contributed by atoms with Crippen LogP contribution in [0.1, 0.15) is 24.2 Å². The molecule has 4 aromatic rings. The first kappa shape index (κ1) is 19.7. The summed E-state index contributed by atoms with van der Waals surface area (Å²) >= 11 is 0. The van der Waals surface area contributed by atoms with E-state index < -0.39 is 6.10 Å². The normalized spacial score (nSPS) is 15.7. The molecule has 0 amide bonds. The number of aliphatic hydroxyl groups is 1. The van der Waals surface area contributed by atoms with Crippen LogP contribution in [0, 0.1) is 6.92 Å². The van der Waals surface area contributed by atoms with E-state index in [1.54, 1.807) is 11.6 Å². The van der Waals surface area contributed by atoms with Gasteiger partial charge in [-0.2, -0.15) is 5.10 Å². The third kappa shape index (κ3) is 3.37. The Morgan fingerprint density at radius 2 is 1.87 bits per heavy atom. The number of aliphatic hydroxyl groups excluding tert-OH is 1. The molecule has 1 aromatic carbocycles. The number of aromatic nitrogens is 4. The number of aryl methyl sites for hydroxylation is 2. The van der Waals surface area contributed by atoms with Gasteiger partial charge in [0, 0.05) is 61.5 Å². The van der Waals surface area contributed by atoms with E-state index in [9.17, 15) is 10.2 Å². The van der Waals surface area contributed by atoms with Crippen LogP contribution in [0.3, 0.4) is 0 Å². The number of pyridine rings is 2. The Balaban J connectivity index is 1.68. The number of anilines is 1. The average Bonchev–Trinajstić information content (AvgIpc) is 3.16. The molecular formula is C23H26N6O2. The highest BCUT2D eigenvalue weighted by Gasteiger charge is 2.20. The Kier molecular flexibility index (Phi) is 4.75. The van der Waals surface area contributed by atoms with Crippen molar-refractivity contribution in [1.29, 1.82) is 0 Å². The molecular weight excluding hydrogens is 392 g/mol. The molecule has 1 atom stereocenters. The van der Waals surface area contributed by atoms with Gasteiger partial charge in [0.05, 0.1) is 28.3 Å². The predicted octanol–water partition coefficient (Wildman–Crippen LogP) is 2.66. The van der Waals surface area contributed by atoms with Gasteiger partial charge in [-0.1, -0.05) is 0 Å². The van der Waals surface area contributed by atoms with Crippen molar-refractivity contribution in [3.8, 4) is 17.0 Å². The van der Waals surface area contributed by atoms with Gasteiger partial charge in [-0.3, -0.25) is 4.68 Å². The van der Waals surface area contributed by atoms with E-state index in [-0.39, 0.29) is 5.75 Å². The molecule has 31 heavy (non-hydrogen) atoms. The third-order valence-electron chi connectivity index (χ3n) is 5.96. The molecule has 0 spiro atoms. The molecule has 0 bridgehead atoms. The van der Waals surface area contributed by atoms with Gasteiger partial charge in [0.2, 0.25) is 0 Å². The van der Waals surface area contributed by atoms with Gasteiger partial charge in [-0.25, -0.2) is 9.97 Å². The average molecular weight is 419 g/mol. The number of nitrogens with zero attached hydrogens (tertiary/aromatic N) is 5. The molecule has 0 aliphatic carbocycles. The highest BCUT2D eigenvalue weighted by Crippen LogP contribution is 2.38. The van der Waals surface area contributed by atoms with E-state index in [2.05, 4.69) is 15.3 Å². The molecule has 0 radical (unpaired) electrons. The second-order valence-corrected chi connectivity index (χ2v) is 8.19. The summed E-state index contributed by atoms with van der Waals surface area (Å²) in [5.41, 5.74) is 4.77. The van der Waals surface area contributed by atoms with Gasteiger partial charge >= 0.3 is 0 Å². The van der Waals surface area contributed by atoms with Crippen molar-refractivity contribution in [2.45, 2.75) is 20.0 Å². The quantitative estimate of drug-likeness (QED) is 0.470. The van der Waals surface area contributed by atoms with E-state index in [4.69, 9.17) is 9.97 Å². The predicted molar refractivity (Wildman–Crippen MR) is 121 cm³/mol. The minimum absolute atomic E-state index is 0.153. The van der Waals surface area contributed by atoms with Crippen molar-refractivity contribution in [2.24, 2.45) is 7.05 Å². The Hall–Kier alpha value is -3.23. The Morgan fingerprint density at radius 3 is 2.61 bits per heavy atom. The summed E-state index contributed by atoms with van der Waals surface area (Å²) in [6.07, 6.45) is 1.20. The summed E-state index contributed by atoms with van der Waals surface area (Å²) in [6.45, 7) is 7.23. The number of aromatic hydroxyl groups is 1. The molecule has 1 unspecified atom stereocenters. The molecule has 1 fully saturated rings. The lowest BCUT2D eigenvalue weighted by atomic mass is 10.00. The zero-order chi connectivity index (χ0) is 21.7. The SMILES string of the molecule is Cc1c(O)c(-c2cc(C(C)O)c3nc(N4CCNCC4)ccc3n2)cc2cn(C)nc12. The summed E-state index contributed by atoms with van der Waals surface area (Å²) in [7, 11) is 1.86. The largest absolute Gasteiger partial charge is 0.507 e. The molecule has 5 rings (SSSR count). The minimum atomic E-state index is -0.722. The smallest absolute Gasteiger partial charge is 0.130 e. The summed E-state index contributed by atoms with van der Waals surface area (Å²) < 4.78 is 1.73. The number of fused-ring (bicyclic) bond motifs is 2. The first-order valence-electron chi connectivity index (χ1n) is 10.5. The number of benzene rings is 1. The van der Waals surface area contributed by atoms with Crippen LogP contribution in [0.4, 0.5) is 5.82 Å². The molecule has 0 saturated carbocycles. The van der Waals surface area contributed by atoms with Crippen molar-refractivity contribution in [2.75, 3.05) is 31.1 Å². The van der Waals surface area contributed by atoms with E-state index in [0.717, 1.165) is 42.9 Å². The molecule has 3 N–H and O–H groups in total. The van der Waals surface area contributed by atoms with Crippen molar-refractivity contribution >= 4 is 27.8 Å². The number of phenols is 1. The first-order valence-corrected chi connectivity index (χ1v) is 10.5. The number of phenolic OH excluding ortho intramolecular Hbond substituents is 1. The van der Waals surface area contributed by atoms with Gasteiger partial charge in [0.1, 0.15) is 11.6 Å². The van der Waals surface area contributed by atoms with Crippen LogP contribution in [-0.2, 0) is 7.05 Å². The lowest BCUT2D eigenvalue weighted by molar-refractivity contribution is 0.200. The van der Waals surface area contributed by atoms with Gasteiger partial charge in [-0.15, -0.1) is 0 Å². The number of hydrogen-bond donors (Lipinski definition) is 3. The molecule has 1 aliphatic heterocycles. The molecule has 1 saturated heterocycles. The van der Waals surface area contributed by atoms with Crippen LogP contribution >= 0.6 is 0 Å². The zero-order valence-corrected chi connectivity index (χ0v) is 17.9. The van der Waals surface area contributed by atoms with Crippen LogP contribution in [0.5, 0.6) is 5.75 Å². The molecule has 8 heteroatoms. The summed E-state index contributed by atoms with van der Waals surface area (Å²) in [6, 6.07) is 7.65. The van der Waals surface area contributed by atoms with E-state index >= 15 is 0 Å². The van der Waals surface area contributed by atoms with Gasteiger partial charge in [-0.05, 0) is 38.1 Å². The van der Waals surface area contributed by atoms with Crippen molar-refractivity contribution in [3.63, 3.8) is 0 Å². The molecule has 3 aromatic heterocycles. The maximum Gasteiger partial charge on any atom is 0.130 e. The lowest BCUT2D eigenvalue weighted by Gasteiger charge is -2.28. The minimum Gasteiger partial charge on any atom is -0.507 e. The van der Waals surface area contributed by atoms with Crippen molar-refractivity contribution in [1.82, 2.24) is 25.1 Å². The highest BCUT2D eigenvalue weighted by molar-refractivity contribution is 5.92. The van der Waals surface area contributed by atoms with Gasteiger partial charge < -0.3 is 20.4 Å². The summed E-state index contributed by atoms with van der Waals surface area (Å²) in [5, 5.41) is 30.1. The number of hydrogen-bond acceptors (Lipinski definition) is 7. The fraction of sp³-hybridized carbons (Fsp3) is 0.348. The molecule has 4 heterocycles.